The Bertz CT molecular complexity index is 747. The molecule has 114 valence electrons. The van der Waals surface area contributed by atoms with E-state index < -0.39 is 0 Å². The molecular formula is C16H19N5O. The number of aryl methyl sites for hydroxylation is 1. The van der Waals surface area contributed by atoms with Crippen LogP contribution in [0.15, 0.2) is 43.1 Å². The molecule has 6 heteroatoms. The van der Waals surface area contributed by atoms with Gasteiger partial charge >= 0.3 is 0 Å². The number of para-hydroxylation sites is 1. The largest absolute Gasteiger partial charge is 0.361 e. The molecule has 1 aromatic carbocycles. The predicted molar refractivity (Wildman–Crippen MR) is 84.4 cm³/mol. The smallest absolute Gasteiger partial charge is 0.220 e. The summed E-state index contributed by atoms with van der Waals surface area (Å²) < 4.78 is 1.74. The van der Waals surface area contributed by atoms with Crippen molar-refractivity contribution in [2.75, 3.05) is 6.54 Å². The predicted octanol–water partition coefficient (Wildman–Crippen LogP) is 2.07. The summed E-state index contributed by atoms with van der Waals surface area (Å²) in [4.78, 5) is 19.1. The van der Waals surface area contributed by atoms with Gasteiger partial charge in [0.1, 0.15) is 12.7 Å². The Kier molecular flexibility index (Phi) is 4.18. The second-order valence-corrected chi connectivity index (χ2v) is 5.39. The zero-order valence-corrected chi connectivity index (χ0v) is 12.5. The molecule has 3 rings (SSSR count). The summed E-state index contributed by atoms with van der Waals surface area (Å²) in [6.07, 6.45) is 6.34. The van der Waals surface area contributed by atoms with E-state index in [1.54, 1.807) is 11.0 Å². The molecule has 2 N–H and O–H groups in total. The minimum atomic E-state index is 0.0530. The Labute approximate surface area is 128 Å². The van der Waals surface area contributed by atoms with Gasteiger partial charge in [-0.2, -0.15) is 5.10 Å². The number of benzene rings is 1. The van der Waals surface area contributed by atoms with E-state index >= 15 is 0 Å². The molecule has 2 heterocycles. The third-order valence-corrected chi connectivity index (χ3v) is 3.78. The SMILES string of the molecule is C[C@H](CNC(=O)CCc1c[nH]c2ccccc12)n1cncn1. The van der Waals surface area contributed by atoms with Crippen molar-refractivity contribution in [3.63, 3.8) is 0 Å². The van der Waals surface area contributed by atoms with Gasteiger partial charge in [-0.25, -0.2) is 9.67 Å². The molecule has 1 atom stereocenters. The van der Waals surface area contributed by atoms with E-state index in [1.165, 1.54) is 17.3 Å². The zero-order valence-electron chi connectivity index (χ0n) is 12.5. The van der Waals surface area contributed by atoms with E-state index in [1.807, 2.05) is 31.3 Å². The molecule has 3 aromatic rings. The Balaban J connectivity index is 1.50. The van der Waals surface area contributed by atoms with Crippen molar-refractivity contribution in [3.8, 4) is 0 Å². The number of aromatic nitrogens is 4. The Morgan fingerprint density at radius 2 is 2.27 bits per heavy atom. The number of amides is 1. The number of hydrogen-bond donors (Lipinski definition) is 2. The van der Waals surface area contributed by atoms with E-state index in [0.717, 1.165) is 11.9 Å². The number of aromatic amines is 1. The summed E-state index contributed by atoms with van der Waals surface area (Å²) in [5.41, 5.74) is 2.28. The molecule has 2 aromatic heterocycles. The van der Waals surface area contributed by atoms with E-state index in [0.29, 0.717) is 13.0 Å². The highest BCUT2D eigenvalue weighted by atomic mass is 16.1. The number of nitrogens with zero attached hydrogens (tertiary/aromatic N) is 3. The minimum absolute atomic E-state index is 0.0530. The minimum Gasteiger partial charge on any atom is -0.361 e. The van der Waals surface area contributed by atoms with Gasteiger partial charge in [0.2, 0.25) is 5.91 Å². The molecule has 1 amide bonds. The normalized spacial score (nSPS) is 12.4. The van der Waals surface area contributed by atoms with Crippen molar-refractivity contribution >= 4 is 16.8 Å². The second-order valence-electron chi connectivity index (χ2n) is 5.39. The Hall–Kier alpha value is -2.63. The average molecular weight is 297 g/mol. The highest BCUT2D eigenvalue weighted by molar-refractivity contribution is 5.84. The topological polar surface area (TPSA) is 75.6 Å². The third-order valence-electron chi connectivity index (χ3n) is 3.78. The molecule has 0 bridgehead atoms. The van der Waals surface area contributed by atoms with Crippen LogP contribution in [0.1, 0.15) is 24.9 Å². The fraction of sp³-hybridized carbons (Fsp3) is 0.312. The summed E-state index contributed by atoms with van der Waals surface area (Å²) >= 11 is 0. The fourth-order valence-corrected chi connectivity index (χ4v) is 2.48. The van der Waals surface area contributed by atoms with Crippen molar-refractivity contribution < 1.29 is 4.79 Å². The van der Waals surface area contributed by atoms with Crippen LogP contribution in [0.3, 0.4) is 0 Å². The molecule has 6 nitrogen and oxygen atoms in total. The van der Waals surface area contributed by atoms with Gasteiger partial charge in [0.05, 0.1) is 6.04 Å². The number of carbonyl (C=O) groups is 1. The lowest BCUT2D eigenvalue weighted by Gasteiger charge is -2.12. The van der Waals surface area contributed by atoms with Gasteiger partial charge in [0.25, 0.3) is 0 Å². The van der Waals surface area contributed by atoms with E-state index in [4.69, 9.17) is 0 Å². The first-order valence-electron chi connectivity index (χ1n) is 7.40. The molecule has 0 aliphatic heterocycles. The van der Waals surface area contributed by atoms with Crippen molar-refractivity contribution in [2.24, 2.45) is 0 Å². The Morgan fingerprint density at radius 3 is 3.09 bits per heavy atom. The molecule has 0 aliphatic carbocycles. The monoisotopic (exact) mass is 297 g/mol. The van der Waals surface area contributed by atoms with Crippen LogP contribution in [0.25, 0.3) is 10.9 Å². The van der Waals surface area contributed by atoms with Gasteiger partial charge in [-0.05, 0) is 25.0 Å². The molecule has 0 spiro atoms. The van der Waals surface area contributed by atoms with Crippen molar-refractivity contribution in [2.45, 2.75) is 25.8 Å². The summed E-state index contributed by atoms with van der Waals surface area (Å²) in [5, 5.41) is 8.19. The van der Waals surface area contributed by atoms with E-state index in [2.05, 4.69) is 26.4 Å². The van der Waals surface area contributed by atoms with Gasteiger partial charge in [-0.1, -0.05) is 18.2 Å². The van der Waals surface area contributed by atoms with Crippen LogP contribution in [0.5, 0.6) is 0 Å². The molecule has 0 fully saturated rings. The fourth-order valence-electron chi connectivity index (χ4n) is 2.48. The third kappa shape index (κ3) is 3.16. The van der Waals surface area contributed by atoms with Gasteiger partial charge in [0.15, 0.2) is 0 Å². The van der Waals surface area contributed by atoms with Gasteiger partial charge in [0, 0.05) is 30.1 Å². The first kappa shape index (κ1) is 14.3. The van der Waals surface area contributed by atoms with Crippen LogP contribution >= 0.6 is 0 Å². The van der Waals surface area contributed by atoms with Gasteiger partial charge in [-0.15, -0.1) is 0 Å². The summed E-state index contributed by atoms with van der Waals surface area (Å²) in [5.74, 6) is 0.0530. The van der Waals surface area contributed by atoms with Crippen LogP contribution in [0.4, 0.5) is 0 Å². The molecule has 0 radical (unpaired) electrons. The van der Waals surface area contributed by atoms with Crippen molar-refractivity contribution in [1.82, 2.24) is 25.1 Å². The average Bonchev–Trinajstić information content (AvgIpc) is 3.20. The maximum atomic E-state index is 12.0. The number of rotatable bonds is 6. The highest BCUT2D eigenvalue weighted by Crippen LogP contribution is 2.18. The first-order valence-corrected chi connectivity index (χ1v) is 7.40. The standard InChI is InChI=1S/C16H19N5O/c1-12(21-11-17-10-20-21)8-19-16(22)7-6-13-9-18-15-5-3-2-4-14(13)15/h2-5,9-12,18H,6-8H2,1H3,(H,19,22)/t12-/m1/s1. The maximum absolute atomic E-state index is 12.0. The van der Waals surface area contributed by atoms with Gasteiger partial charge < -0.3 is 10.3 Å². The number of nitrogens with one attached hydrogen (secondary N) is 2. The van der Waals surface area contributed by atoms with Crippen molar-refractivity contribution in [1.29, 1.82) is 0 Å². The lowest BCUT2D eigenvalue weighted by Crippen LogP contribution is -2.29. The first-order chi connectivity index (χ1) is 10.7. The highest BCUT2D eigenvalue weighted by Gasteiger charge is 2.09. The number of H-pyrrole nitrogens is 1. The molecule has 0 unspecified atom stereocenters. The zero-order chi connectivity index (χ0) is 15.4. The van der Waals surface area contributed by atoms with Crippen LogP contribution in [-0.2, 0) is 11.2 Å². The lowest BCUT2D eigenvalue weighted by molar-refractivity contribution is -0.121. The molecule has 0 aliphatic rings. The quantitative estimate of drug-likeness (QED) is 0.731. The Morgan fingerprint density at radius 1 is 1.41 bits per heavy atom. The summed E-state index contributed by atoms with van der Waals surface area (Å²) in [7, 11) is 0. The number of hydrogen-bond acceptors (Lipinski definition) is 3. The molecule has 0 saturated carbocycles. The molecule has 22 heavy (non-hydrogen) atoms. The van der Waals surface area contributed by atoms with Crippen LogP contribution in [0.2, 0.25) is 0 Å². The number of carbonyl (C=O) groups excluding carboxylic acids is 1. The van der Waals surface area contributed by atoms with Crippen LogP contribution in [-0.4, -0.2) is 32.2 Å². The second kappa shape index (κ2) is 6.43. The summed E-state index contributed by atoms with van der Waals surface area (Å²) in [6.45, 7) is 2.55. The van der Waals surface area contributed by atoms with Gasteiger partial charge in [-0.3, -0.25) is 4.79 Å². The van der Waals surface area contributed by atoms with Crippen LogP contribution < -0.4 is 5.32 Å². The molecule has 0 saturated heterocycles. The molecular weight excluding hydrogens is 278 g/mol. The summed E-state index contributed by atoms with van der Waals surface area (Å²) in [6, 6.07) is 8.23. The van der Waals surface area contributed by atoms with Crippen molar-refractivity contribution in [3.05, 3.63) is 48.7 Å². The number of fused-ring (bicyclic) bond motifs is 1. The lowest BCUT2D eigenvalue weighted by atomic mass is 10.1. The van der Waals surface area contributed by atoms with E-state index in [-0.39, 0.29) is 11.9 Å². The van der Waals surface area contributed by atoms with E-state index in [9.17, 15) is 4.79 Å². The van der Waals surface area contributed by atoms with Crippen LogP contribution in [0, 0.1) is 0 Å². The maximum Gasteiger partial charge on any atom is 0.220 e.